The average molecular weight is 229 g/mol. The maximum Gasteiger partial charge on any atom is 0.120 e. The quantitative estimate of drug-likeness (QED) is 0.843. The number of aromatic nitrogens is 3. The van der Waals surface area contributed by atoms with E-state index in [1.807, 2.05) is 37.7 Å². The minimum absolute atomic E-state index is 0.669. The lowest BCUT2D eigenvalue weighted by atomic mass is 10.2. The Bertz CT molecular complexity index is 551. The number of anilines is 1. The molecule has 0 amide bonds. The summed E-state index contributed by atoms with van der Waals surface area (Å²) >= 11 is 0. The minimum Gasteiger partial charge on any atom is -0.378 e. The van der Waals surface area contributed by atoms with E-state index >= 15 is 0 Å². The van der Waals surface area contributed by atoms with Gasteiger partial charge in [-0.05, 0) is 25.5 Å². The fourth-order valence-corrected chi connectivity index (χ4v) is 1.84. The third-order valence-corrected chi connectivity index (χ3v) is 2.77. The number of aromatic amines is 1. The van der Waals surface area contributed by atoms with Crippen molar-refractivity contribution in [2.45, 2.75) is 20.4 Å². The Morgan fingerprint density at radius 1 is 1.53 bits per heavy atom. The molecule has 2 heterocycles. The fraction of sp³-hybridized carbons (Fsp3) is 0.333. The monoisotopic (exact) mass is 229 g/mol. The molecule has 0 fully saturated rings. The van der Waals surface area contributed by atoms with E-state index in [4.69, 9.17) is 5.26 Å². The number of nitrogens with one attached hydrogen (secondary N) is 2. The van der Waals surface area contributed by atoms with Crippen LogP contribution < -0.4 is 5.32 Å². The van der Waals surface area contributed by atoms with Crippen LogP contribution in [0.15, 0.2) is 12.3 Å². The third kappa shape index (κ3) is 2.16. The van der Waals surface area contributed by atoms with Crippen molar-refractivity contribution < 1.29 is 0 Å². The highest BCUT2D eigenvalue weighted by Gasteiger charge is 2.07. The molecule has 2 rings (SSSR count). The van der Waals surface area contributed by atoms with E-state index in [9.17, 15) is 0 Å². The summed E-state index contributed by atoms with van der Waals surface area (Å²) in [4.78, 5) is 0. The molecule has 0 saturated heterocycles. The van der Waals surface area contributed by atoms with Crippen LogP contribution in [0.4, 0.5) is 5.69 Å². The Morgan fingerprint density at radius 2 is 2.29 bits per heavy atom. The van der Waals surface area contributed by atoms with Gasteiger partial charge in [0.05, 0.1) is 17.1 Å². The van der Waals surface area contributed by atoms with Gasteiger partial charge in [0.2, 0.25) is 0 Å². The first-order valence-corrected chi connectivity index (χ1v) is 5.42. The van der Waals surface area contributed by atoms with Crippen LogP contribution in [0.3, 0.4) is 0 Å². The number of aryl methyl sites for hydroxylation is 3. The lowest BCUT2D eigenvalue weighted by molar-refractivity contribution is 0.902. The highest BCUT2D eigenvalue weighted by Crippen LogP contribution is 2.17. The molecule has 0 saturated carbocycles. The van der Waals surface area contributed by atoms with E-state index in [0.717, 1.165) is 22.6 Å². The van der Waals surface area contributed by atoms with Crippen LogP contribution in [-0.4, -0.2) is 14.8 Å². The molecule has 2 N–H and O–H groups in total. The molecule has 5 heteroatoms. The zero-order valence-electron chi connectivity index (χ0n) is 10.2. The predicted molar refractivity (Wildman–Crippen MR) is 65.5 cm³/mol. The summed E-state index contributed by atoms with van der Waals surface area (Å²) in [5.41, 5.74) is 4.77. The number of nitrogens with zero attached hydrogens (tertiary/aromatic N) is 3. The molecule has 0 aliphatic heterocycles. The Balaban J connectivity index is 2.10. The maximum atomic E-state index is 8.87. The summed E-state index contributed by atoms with van der Waals surface area (Å²) in [5, 5.41) is 19.2. The summed E-state index contributed by atoms with van der Waals surface area (Å²) in [6, 6.07) is 4.03. The van der Waals surface area contributed by atoms with E-state index in [-0.39, 0.29) is 0 Å². The van der Waals surface area contributed by atoms with Gasteiger partial charge in [0, 0.05) is 19.8 Å². The van der Waals surface area contributed by atoms with Gasteiger partial charge in [0.1, 0.15) is 11.8 Å². The first-order valence-electron chi connectivity index (χ1n) is 5.42. The van der Waals surface area contributed by atoms with Gasteiger partial charge in [0.15, 0.2) is 0 Å². The lowest BCUT2D eigenvalue weighted by Crippen LogP contribution is -2.00. The predicted octanol–water partition coefficient (Wildman–Crippen LogP) is 1.85. The van der Waals surface area contributed by atoms with E-state index in [0.29, 0.717) is 12.2 Å². The van der Waals surface area contributed by atoms with Gasteiger partial charge in [-0.2, -0.15) is 10.4 Å². The van der Waals surface area contributed by atoms with E-state index in [2.05, 4.69) is 21.6 Å². The summed E-state index contributed by atoms with van der Waals surface area (Å²) in [6.45, 7) is 4.63. The van der Waals surface area contributed by atoms with Crippen LogP contribution in [0.1, 0.15) is 22.6 Å². The average Bonchev–Trinajstić information content (AvgIpc) is 2.81. The van der Waals surface area contributed by atoms with Crippen molar-refractivity contribution in [2.75, 3.05) is 5.32 Å². The molecule has 0 aliphatic rings. The first-order chi connectivity index (χ1) is 8.11. The molecule has 2 aromatic heterocycles. The molecule has 0 radical (unpaired) electrons. The van der Waals surface area contributed by atoms with Gasteiger partial charge in [-0.3, -0.25) is 5.10 Å². The Hall–Kier alpha value is -2.22. The number of rotatable bonds is 3. The number of nitriles is 1. The van der Waals surface area contributed by atoms with Gasteiger partial charge in [0.25, 0.3) is 0 Å². The molecule has 17 heavy (non-hydrogen) atoms. The van der Waals surface area contributed by atoms with Crippen LogP contribution >= 0.6 is 0 Å². The van der Waals surface area contributed by atoms with Gasteiger partial charge in [-0.25, -0.2) is 0 Å². The molecule has 0 bridgehead atoms. The second-order valence-electron chi connectivity index (χ2n) is 4.12. The van der Waals surface area contributed by atoms with Crippen molar-refractivity contribution in [1.82, 2.24) is 14.8 Å². The largest absolute Gasteiger partial charge is 0.378 e. The van der Waals surface area contributed by atoms with E-state index < -0.39 is 0 Å². The minimum atomic E-state index is 0.669. The molecule has 88 valence electrons. The Morgan fingerprint density at radius 3 is 2.82 bits per heavy atom. The summed E-state index contributed by atoms with van der Waals surface area (Å²) < 4.78 is 1.83. The molecule has 0 atom stereocenters. The highest BCUT2D eigenvalue weighted by atomic mass is 15.1. The zero-order chi connectivity index (χ0) is 12.4. The fourth-order valence-electron chi connectivity index (χ4n) is 1.84. The lowest BCUT2D eigenvalue weighted by Gasteiger charge is -2.04. The topological polar surface area (TPSA) is 69.4 Å². The third-order valence-electron chi connectivity index (χ3n) is 2.77. The Kier molecular flexibility index (Phi) is 2.88. The van der Waals surface area contributed by atoms with Crippen LogP contribution in [0.25, 0.3) is 0 Å². The van der Waals surface area contributed by atoms with Gasteiger partial charge < -0.3 is 9.88 Å². The van der Waals surface area contributed by atoms with Crippen molar-refractivity contribution in [2.24, 2.45) is 7.05 Å². The summed E-state index contributed by atoms with van der Waals surface area (Å²) in [7, 11) is 1.87. The molecule has 5 nitrogen and oxygen atoms in total. The number of H-pyrrole nitrogens is 1. The molecule has 0 unspecified atom stereocenters. The number of hydrogen-bond donors (Lipinski definition) is 2. The second-order valence-corrected chi connectivity index (χ2v) is 4.12. The van der Waals surface area contributed by atoms with Crippen molar-refractivity contribution in [1.29, 1.82) is 5.26 Å². The van der Waals surface area contributed by atoms with Crippen molar-refractivity contribution >= 4 is 5.69 Å². The van der Waals surface area contributed by atoms with Gasteiger partial charge >= 0.3 is 0 Å². The Labute approximate surface area is 100 Å². The summed E-state index contributed by atoms with van der Waals surface area (Å²) in [6.07, 6.45) is 1.95. The molecule has 2 aromatic rings. The molecule has 0 aliphatic carbocycles. The van der Waals surface area contributed by atoms with Gasteiger partial charge in [-0.15, -0.1) is 0 Å². The van der Waals surface area contributed by atoms with E-state index in [1.165, 1.54) is 0 Å². The standard InChI is InChI=1S/C12H15N5/c1-8-12(9(2)16-15-8)14-6-10-4-11(5-13)17(3)7-10/h4,7,14H,6H2,1-3H3,(H,15,16). The SMILES string of the molecule is Cc1n[nH]c(C)c1NCc1cc(C#N)n(C)c1. The van der Waals surface area contributed by atoms with Crippen LogP contribution in [0.2, 0.25) is 0 Å². The molecule has 0 aromatic carbocycles. The van der Waals surface area contributed by atoms with Crippen molar-refractivity contribution in [3.05, 3.63) is 34.9 Å². The van der Waals surface area contributed by atoms with Crippen molar-refractivity contribution in [3.8, 4) is 6.07 Å². The smallest absolute Gasteiger partial charge is 0.120 e. The van der Waals surface area contributed by atoms with Crippen molar-refractivity contribution in [3.63, 3.8) is 0 Å². The van der Waals surface area contributed by atoms with Gasteiger partial charge in [-0.1, -0.05) is 0 Å². The van der Waals surface area contributed by atoms with Crippen LogP contribution in [0, 0.1) is 25.2 Å². The molecular formula is C12H15N5. The highest BCUT2D eigenvalue weighted by molar-refractivity contribution is 5.51. The van der Waals surface area contributed by atoms with Crippen LogP contribution in [-0.2, 0) is 13.6 Å². The zero-order valence-corrected chi connectivity index (χ0v) is 10.2. The van der Waals surface area contributed by atoms with Crippen LogP contribution in [0.5, 0.6) is 0 Å². The summed E-state index contributed by atoms with van der Waals surface area (Å²) in [5.74, 6) is 0. The molecule has 0 spiro atoms. The first kappa shape index (κ1) is 11.3. The van der Waals surface area contributed by atoms with E-state index in [1.54, 1.807) is 0 Å². The second kappa shape index (κ2) is 4.34. The maximum absolute atomic E-state index is 8.87. The normalized spacial score (nSPS) is 10.2. The molecular weight excluding hydrogens is 214 g/mol. The number of hydrogen-bond acceptors (Lipinski definition) is 3.